The maximum atomic E-state index is 13.6. The minimum atomic E-state index is -0.569. The molecule has 1 unspecified atom stereocenters. The molecule has 1 heterocycles. The van der Waals surface area contributed by atoms with E-state index in [-0.39, 0.29) is 0 Å². The van der Waals surface area contributed by atoms with Crippen molar-refractivity contribution >= 4 is 0 Å². The highest BCUT2D eigenvalue weighted by atomic mass is 19.1. The first-order chi connectivity index (χ1) is 6.27. The topological polar surface area (TPSA) is 3.24 Å². The van der Waals surface area contributed by atoms with Gasteiger partial charge < -0.3 is 4.90 Å². The molecule has 0 saturated carbocycles. The van der Waals surface area contributed by atoms with Gasteiger partial charge in [-0.05, 0) is 31.8 Å². The first-order valence-corrected chi connectivity index (χ1v) is 5.64. The molecular weight excluding hydrogens is 165 g/mol. The molecule has 13 heavy (non-hydrogen) atoms. The summed E-state index contributed by atoms with van der Waals surface area (Å²) in [5.74, 6) is 0.350. The van der Waals surface area contributed by atoms with Crippen LogP contribution in [-0.4, -0.2) is 30.7 Å². The van der Waals surface area contributed by atoms with Crippen molar-refractivity contribution in [1.82, 2.24) is 4.90 Å². The molecule has 0 N–H and O–H groups in total. The molecule has 0 spiro atoms. The summed E-state index contributed by atoms with van der Waals surface area (Å²) < 4.78 is 13.6. The highest BCUT2D eigenvalue weighted by molar-refractivity contribution is 4.79. The molecule has 0 bridgehead atoms. The molecule has 1 saturated heterocycles. The second kappa shape index (κ2) is 5.58. The predicted molar refractivity (Wildman–Crippen MR) is 54.6 cm³/mol. The van der Waals surface area contributed by atoms with Gasteiger partial charge in [0.15, 0.2) is 0 Å². The van der Waals surface area contributed by atoms with E-state index in [0.717, 1.165) is 25.9 Å². The van der Waals surface area contributed by atoms with E-state index in [4.69, 9.17) is 0 Å². The van der Waals surface area contributed by atoms with Gasteiger partial charge in [0, 0.05) is 6.54 Å². The summed E-state index contributed by atoms with van der Waals surface area (Å²) >= 11 is 0. The zero-order valence-corrected chi connectivity index (χ0v) is 8.93. The molecule has 78 valence electrons. The van der Waals surface area contributed by atoms with E-state index in [0.29, 0.717) is 12.5 Å². The van der Waals surface area contributed by atoms with Crippen LogP contribution in [0.25, 0.3) is 0 Å². The third-order valence-electron chi connectivity index (χ3n) is 3.14. The fourth-order valence-electron chi connectivity index (χ4n) is 2.09. The minimum Gasteiger partial charge on any atom is -0.301 e. The molecule has 1 aliphatic heterocycles. The van der Waals surface area contributed by atoms with E-state index in [1.807, 2.05) is 0 Å². The number of unbranched alkanes of at least 4 members (excludes halogenated alkanes) is 1. The summed E-state index contributed by atoms with van der Waals surface area (Å²) in [6.45, 7) is 7.06. The SMILES string of the molecule is CCCCC1CCN(CC)C[C@H]1F. The Morgan fingerprint density at radius 2 is 2.15 bits per heavy atom. The first-order valence-electron chi connectivity index (χ1n) is 5.64. The lowest BCUT2D eigenvalue weighted by Crippen LogP contribution is -2.41. The van der Waals surface area contributed by atoms with Crippen LogP contribution in [-0.2, 0) is 0 Å². The predicted octanol–water partition coefficient (Wildman–Crippen LogP) is 2.86. The summed E-state index contributed by atoms with van der Waals surface area (Å²) in [5.41, 5.74) is 0. The lowest BCUT2D eigenvalue weighted by atomic mass is 9.90. The van der Waals surface area contributed by atoms with Crippen LogP contribution in [0.1, 0.15) is 39.5 Å². The van der Waals surface area contributed by atoms with Gasteiger partial charge in [0.05, 0.1) is 0 Å². The van der Waals surface area contributed by atoms with Gasteiger partial charge in [-0.1, -0.05) is 26.7 Å². The Balaban J connectivity index is 2.26. The number of hydrogen-bond acceptors (Lipinski definition) is 1. The Labute approximate surface area is 81.3 Å². The lowest BCUT2D eigenvalue weighted by Gasteiger charge is -2.33. The van der Waals surface area contributed by atoms with Crippen molar-refractivity contribution in [3.63, 3.8) is 0 Å². The molecule has 1 aliphatic rings. The average Bonchev–Trinajstić information content (AvgIpc) is 2.16. The zero-order chi connectivity index (χ0) is 9.68. The van der Waals surface area contributed by atoms with Crippen LogP contribution < -0.4 is 0 Å². The van der Waals surface area contributed by atoms with Crippen molar-refractivity contribution in [2.45, 2.75) is 45.7 Å². The van der Waals surface area contributed by atoms with E-state index in [9.17, 15) is 4.39 Å². The van der Waals surface area contributed by atoms with Crippen molar-refractivity contribution in [3.05, 3.63) is 0 Å². The molecule has 2 heteroatoms. The van der Waals surface area contributed by atoms with Crippen LogP contribution in [0.15, 0.2) is 0 Å². The quantitative estimate of drug-likeness (QED) is 0.654. The molecular formula is C11H22FN. The molecule has 1 nitrogen and oxygen atoms in total. The molecule has 0 aromatic heterocycles. The van der Waals surface area contributed by atoms with Gasteiger partial charge in [-0.15, -0.1) is 0 Å². The van der Waals surface area contributed by atoms with Crippen molar-refractivity contribution < 1.29 is 4.39 Å². The summed E-state index contributed by atoms with van der Waals surface area (Å²) in [6.07, 6.45) is 3.97. The number of piperidine rings is 1. The highest BCUT2D eigenvalue weighted by Crippen LogP contribution is 2.25. The van der Waals surface area contributed by atoms with Crippen LogP contribution in [0.2, 0.25) is 0 Å². The van der Waals surface area contributed by atoms with Crippen LogP contribution in [0.3, 0.4) is 0 Å². The molecule has 0 aromatic carbocycles. The normalized spacial score (nSPS) is 30.7. The number of nitrogens with zero attached hydrogens (tertiary/aromatic N) is 1. The van der Waals surface area contributed by atoms with Gasteiger partial charge in [-0.2, -0.15) is 0 Å². The third kappa shape index (κ3) is 3.26. The Hall–Kier alpha value is -0.110. The van der Waals surface area contributed by atoms with Crippen LogP contribution >= 0.6 is 0 Å². The van der Waals surface area contributed by atoms with Gasteiger partial charge in [-0.3, -0.25) is 0 Å². The maximum absolute atomic E-state index is 13.6. The number of hydrogen-bond donors (Lipinski definition) is 0. The van der Waals surface area contributed by atoms with Crippen LogP contribution in [0.5, 0.6) is 0 Å². The molecule has 1 fully saturated rings. The van der Waals surface area contributed by atoms with Gasteiger partial charge in [-0.25, -0.2) is 4.39 Å². The Morgan fingerprint density at radius 1 is 1.38 bits per heavy atom. The van der Waals surface area contributed by atoms with Crippen molar-refractivity contribution in [1.29, 1.82) is 0 Å². The summed E-state index contributed by atoms with van der Waals surface area (Å²) in [5, 5.41) is 0. The second-order valence-electron chi connectivity index (χ2n) is 4.10. The van der Waals surface area contributed by atoms with Gasteiger partial charge in [0.25, 0.3) is 0 Å². The van der Waals surface area contributed by atoms with Crippen LogP contribution in [0.4, 0.5) is 4.39 Å². The van der Waals surface area contributed by atoms with E-state index in [1.54, 1.807) is 0 Å². The summed E-state index contributed by atoms with van der Waals surface area (Å²) in [6, 6.07) is 0. The van der Waals surface area contributed by atoms with Gasteiger partial charge in [0.1, 0.15) is 6.17 Å². The highest BCUT2D eigenvalue weighted by Gasteiger charge is 2.27. The average molecular weight is 187 g/mol. The zero-order valence-electron chi connectivity index (χ0n) is 8.93. The van der Waals surface area contributed by atoms with E-state index in [2.05, 4.69) is 18.7 Å². The van der Waals surface area contributed by atoms with Crippen molar-refractivity contribution in [2.75, 3.05) is 19.6 Å². The first kappa shape index (κ1) is 11.0. The molecule has 0 amide bonds. The van der Waals surface area contributed by atoms with Gasteiger partial charge >= 0.3 is 0 Å². The molecule has 0 radical (unpaired) electrons. The van der Waals surface area contributed by atoms with Crippen molar-refractivity contribution in [2.24, 2.45) is 5.92 Å². The Bertz CT molecular complexity index is 138. The van der Waals surface area contributed by atoms with Gasteiger partial charge in [0.2, 0.25) is 0 Å². The summed E-state index contributed by atoms with van der Waals surface area (Å²) in [4.78, 5) is 2.22. The maximum Gasteiger partial charge on any atom is 0.116 e. The number of rotatable bonds is 4. The standard InChI is InChI=1S/C11H22FN/c1-3-5-6-10-7-8-13(4-2)9-11(10)12/h10-11H,3-9H2,1-2H3/t10?,11-/m1/s1. The fraction of sp³-hybridized carbons (Fsp3) is 1.00. The monoisotopic (exact) mass is 187 g/mol. The Kier molecular flexibility index (Phi) is 4.71. The molecule has 0 aliphatic carbocycles. The minimum absolute atomic E-state index is 0.350. The molecule has 1 rings (SSSR count). The van der Waals surface area contributed by atoms with E-state index >= 15 is 0 Å². The smallest absolute Gasteiger partial charge is 0.116 e. The van der Waals surface area contributed by atoms with Crippen LogP contribution in [0, 0.1) is 5.92 Å². The number of likely N-dealkylation sites (tertiary alicyclic amines) is 1. The lowest BCUT2D eigenvalue weighted by molar-refractivity contribution is 0.0828. The molecule has 0 aromatic rings. The summed E-state index contributed by atoms with van der Waals surface area (Å²) in [7, 11) is 0. The molecule has 2 atom stereocenters. The number of halogens is 1. The second-order valence-corrected chi connectivity index (χ2v) is 4.10. The fourth-order valence-corrected chi connectivity index (χ4v) is 2.09. The third-order valence-corrected chi connectivity index (χ3v) is 3.14. The van der Waals surface area contributed by atoms with Crippen molar-refractivity contribution in [3.8, 4) is 0 Å². The number of alkyl halides is 1. The Morgan fingerprint density at radius 3 is 2.69 bits per heavy atom. The van der Waals surface area contributed by atoms with E-state index < -0.39 is 6.17 Å². The van der Waals surface area contributed by atoms with E-state index in [1.165, 1.54) is 12.8 Å². The largest absolute Gasteiger partial charge is 0.301 e.